The van der Waals surface area contributed by atoms with Crippen molar-refractivity contribution in [1.82, 2.24) is 5.32 Å². The molecule has 1 unspecified atom stereocenters. The van der Waals surface area contributed by atoms with Gasteiger partial charge in [0, 0.05) is 6.04 Å². The summed E-state index contributed by atoms with van der Waals surface area (Å²) in [5.74, 6) is 0. The Morgan fingerprint density at radius 1 is 1.12 bits per heavy atom. The van der Waals surface area contributed by atoms with E-state index in [4.69, 9.17) is 0 Å². The van der Waals surface area contributed by atoms with E-state index in [1.165, 1.54) is 56.2 Å². The van der Waals surface area contributed by atoms with Crippen LogP contribution in [0.2, 0.25) is 0 Å². The summed E-state index contributed by atoms with van der Waals surface area (Å²) in [4.78, 5) is 0. The predicted molar refractivity (Wildman–Crippen MR) is 69.8 cm³/mol. The molecule has 1 aliphatic heterocycles. The molecular weight excluding hydrogens is 194 g/mol. The lowest BCUT2D eigenvalue weighted by molar-refractivity contribution is 0.399. The van der Waals surface area contributed by atoms with Crippen LogP contribution in [-0.2, 0) is 12.8 Å². The van der Waals surface area contributed by atoms with Crippen molar-refractivity contribution in [3.05, 3.63) is 35.4 Å². The van der Waals surface area contributed by atoms with Gasteiger partial charge in [-0.05, 0) is 43.4 Å². The Bertz CT molecular complexity index is 296. The third kappa shape index (κ3) is 3.34. The summed E-state index contributed by atoms with van der Waals surface area (Å²) in [6.07, 6.45) is 7.74. The Kier molecular flexibility index (Phi) is 4.41. The number of hydrogen-bond acceptors (Lipinski definition) is 1. The molecule has 1 N–H and O–H groups in total. The zero-order valence-corrected chi connectivity index (χ0v) is 10.3. The van der Waals surface area contributed by atoms with E-state index in [9.17, 15) is 0 Å². The third-order valence-electron chi connectivity index (χ3n) is 3.46. The zero-order valence-electron chi connectivity index (χ0n) is 10.3. The fourth-order valence-electron chi connectivity index (χ4n) is 2.51. The van der Waals surface area contributed by atoms with Gasteiger partial charge in [-0.15, -0.1) is 0 Å². The van der Waals surface area contributed by atoms with Crippen LogP contribution in [-0.4, -0.2) is 12.6 Å². The molecule has 0 bridgehead atoms. The molecule has 0 radical (unpaired) electrons. The Labute approximate surface area is 99.3 Å². The molecule has 0 spiro atoms. The molecular formula is C15H23N. The lowest BCUT2D eigenvalue weighted by Gasteiger charge is -2.23. The normalized spacial score (nSPS) is 20.9. The van der Waals surface area contributed by atoms with E-state index >= 15 is 0 Å². The van der Waals surface area contributed by atoms with Gasteiger partial charge in [0.05, 0.1) is 0 Å². The number of benzene rings is 1. The van der Waals surface area contributed by atoms with Gasteiger partial charge in [0.15, 0.2) is 0 Å². The smallest absolute Gasteiger partial charge is 0.0107 e. The van der Waals surface area contributed by atoms with Crippen molar-refractivity contribution in [2.75, 3.05) is 6.54 Å². The quantitative estimate of drug-likeness (QED) is 0.815. The van der Waals surface area contributed by atoms with Crippen LogP contribution in [0.15, 0.2) is 24.3 Å². The maximum absolute atomic E-state index is 3.61. The molecule has 0 amide bonds. The van der Waals surface area contributed by atoms with Gasteiger partial charge in [0.2, 0.25) is 0 Å². The van der Waals surface area contributed by atoms with Crippen LogP contribution in [0.5, 0.6) is 0 Å². The SMILES string of the molecule is CCCc1ccc(CC2CCCCN2)cc1. The first-order valence-corrected chi connectivity index (χ1v) is 6.69. The molecule has 0 aliphatic carbocycles. The maximum Gasteiger partial charge on any atom is 0.0107 e. The second kappa shape index (κ2) is 6.05. The first-order chi connectivity index (χ1) is 7.88. The van der Waals surface area contributed by atoms with E-state index in [1.54, 1.807) is 0 Å². The highest BCUT2D eigenvalue weighted by Gasteiger charge is 2.12. The third-order valence-corrected chi connectivity index (χ3v) is 3.46. The van der Waals surface area contributed by atoms with E-state index in [0.29, 0.717) is 6.04 Å². The molecule has 1 aliphatic rings. The second-order valence-electron chi connectivity index (χ2n) is 4.92. The topological polar surface area (TPSA) is 12.0 Å². The van der Waals surface area contributed by atoms with Gasteiger partial charge in [-0.2, -0.15) is 0 Å². The number of piperidine rings is 1. The van der Waals surface area contributed by atoms with Crippen molar-refractivity contribution >= 4 is 0 Å². The number of aryl methyl sites for hydroxylation is 1. The van der Waals surface area contributed by atoms with E-state index in [0.717, 1.165) is 0 Å². The molecule has 2 rings (SSSR count). The van der Waals surface area contributed by atoms with Gasteiger partial charge in [-0.3, -0.25) is 0 Å². The van der Waals surface area contributed by atoms with E-state index in [-0.39, 0.29) is 0 Å². The monoisotopic (exact) mass is 217 g/mol. The standard InChI is InChI=1S/C15H23N/c1-2-5-13-7-9-14(10-8-13)12-15-6-3-4-11-16-15/h7-10,15-16H,2-6,11-12H2,1H3. The summed E-state index contributed by atoms with van der Waals surface area (Å²) in [7, 11) is 0. The zero-order chi connectivity index (χ0) is 11.2. The minimum absolute atomic E-state index is 0.714. The molecule has 1 heteroatoms. The average molecular weight is 217 g/mol. The predicted octanol–water partition coefficient (Wildman–Crippen LogP) is 3.32. The second-order valence-corrected chi connectivity index (χ2v) is 4.92. The van der Waals surface area contributed by atoms with E-state index in [1.807, 2.05) is 0 Å². The lowest BCUT2D eigenvalue weighted by atomic mass is 9.97. The van der Waals surface area contributed by atoms with Crippen LogP contribution in [0.3, 0.4) is 0 Å². The largest absolute Gasteiger partial charge is 0.314 e. The lowest BCUT2D eigenvalue weighted by Crippen LogP contribution is -2.35. The highest BCUT2D eigenvalue weighted by atomic mass is 14.9. The van der Waals surface area contributed by atoms with Crippen molar-refractivity contribution in [1.29, 1.82) is 0 Å². The van der Waals surface area contributed by atoms with Crippen LogP contribution < -0.4 is 5.32 Å². The molecule has 1 heterocycles. The summed E-state index contributed by atoms with van der Waals surface area (Å²) in [5.41, 5.74) is 2.96. The summed E-state index contributed by atoms with van der Waals surface area (Å²) in [6, 6.07) is 9.91. The van der Waals surface area contributed by atoms with Crippen molar-refractivity contribution < 1.29 is 0 Å². The van der Waals surface area contributed by atoms with Crippen LogP contribution in [0.4, 0.5) is 0 Å². The first kappa shape index (κ1) is 11.7. The van der Waals surface area contributed by atoms with Crippen molar-refractivity contribution in [2.24, 2.45) is 0 Å². The van der Waals surface area contributed by atoms with Crippen molar-refractivity contribution in [3.63, 3.8) is 0 Å². The summed E-state index contributed by atoms with van der Waals surface area (Å²) >= 11 is 0. The molecule has 1 aromatic carbocycles. The van der Waals surface area contributed by atoms with Gasteiger partial charge < -0.3 is 5.32 Å². The molecule has 1 nitrogen and oxygen atoms in total. The Balaban J connectivity index is 1.88. The minimum atomic E-state index is 0.714. The van der Waals surface area contributed by atoms with Crippen LogP contribution >= 0.6 is 0 Å². The molecule has 16 heavy (non-hydrogen) atoms. The molecule has 1 aromatic rings. The summed E-state index contributed by atoms with van der Waals surface area (Å²) < 4.78 is 0. The molecule has 1 saturated heterocycles. The van der Waals surface area contributed by atoms with Gasteiger partial charge in [0.1, 0.15) is 0 Å². The van der Waals surface area contributed by atoms with E-state index in [2.05, 4.69) is 36.5 Å². The highest BCUT2D eigenvalue weighted by Crippen LogP contribution is 2.14. The molecule has 0 saturated carbocycles. The highest BCUT2D eigenvalue weighted by molar-refractivity contribution is 5.23. The van der Waals surface area contributed by atoms with Crippen molar-refractivity contribution in [2.45, 2.75) is 51.5 Å². The van der Waals surface area contributed by atoms with Crippen LogP contribution in [0, 0.1) is 0 Å². The molecule has 0 aromatic heterocycles. The Hall–Kier alpha value is -0.820. The summed E-state index contributed by atoms with van der Waals surface area (Å²) in [5, 5.41) is 3.61. The Morgan fingerprint density at radius 2 is 1.88 bits per heavy atom. The van der Waals surface area contributed by atoms with Gasteiger partial charge in [-0.1, -0.05) is 44.0 Å². The van der Waals surface area contributed by atoms with E-state index < -0.39 is 0 Å². The van der Waals surface area contributed by atoms with Gasteiger partial charge >= 0.3 is 0 Å². The molecule has 1 atom stereocenters. The number of hydrogen-bond donors (Lipinski definition) is 1. The summed E-state index contributed by atoms with van der Waals surface area (Å²) in [6.45, 7) is 3.44. The van der Waals surface area contributed by atoms with Crippen molar-refractivity contribution in [3.8, 4) is 0 Å². The number of rotatable bonds is 4. The molecule has 88 valence electrons. The minimum Gasteiger partial charge on any atom is -0.314 e. The van der Waals surface area contributed by atoms with Crippen LogP contribution in [0.25, 0.3) is 0 Å². The maximum atomic E-state index is 3.61. The average Bonchev–Trinajstić information content (AvgIpc) is 2.33. The first-order valence-electron chi connectivity index (χ1n) is 6.69. The Morgan fingerprint density at radius 3 is 2.50 bits per heavy atom. The fourth-order valence-corrected chi connectivity index (χ4v) is 2.51. The number of nitrogens with one attached hydrogen (secondary N) is 1. The fraction of sp³-hybridized carbons (Fsp3) is 0.600. The molecule has 1 fully saturated rings. The van der Waals surface area contributed by atoms with Crippen LogP contribution in [0.1, 0.15) is 43.7 Å². The van der Waals surface area contributed by atoms with Gasteiger partial charge in [-0.25, -0.2) is 0 Å². The van der Waals surface area contributed by atoms with Gasteiger partial charge in [0.25, 0.3) is 0 Å².